The molecule has 2 aromatic heterocycles. The fourth-order valence-corrected chi connectivity index (χ4v) is 2.70. The first-order valence-corrected chi connectivity index (χ1v) is 7.80. The second kappa shape index (κ2) is 6.75. The minimum Gasteiger partial charge on any atom is -0.365 e. The van der Waals surface area contributed by atoms with E-state index in [1.807, 2.05) is 25.1 Å². The Labute approximate surface area is 136 Å². The molecule has 0 aliphatic heterocycles. The van der Waals surface area contributed by atoms with E-state index in [4.69, 9.17) is 0 Å². The van der Waals surface area contributed by atoms with E-state index in [1.54, 1.807) is 4.52 Å². The quantitative estimate of drug-likeness (QED) is 0.757. The van der Waals surface area contributed by atoms with Gasteiger partial charge in [-0.1, -0.05) is 30.3 Å². The summed E-state index contributed by atoms with van der Waals surface area (Å²) in [5, 5.41) is 16.0. The van der Waals surface area contributed by atoms with Gasteiger partial charge in [-0.3, -0.25) is 0 Å². The van der Waals surface area contributed by atoms with Crippen LogP contribution in [0.15, 0.2) is 42.5 Å². The second-order valence-electron chi connectivity index (χ2n) is 5.96. The molecule has 0 saturated heterocycles. The number of benzene rings is 1. The number of hydrogen-bond donors (Lipinski definition) is 1. The molecular formula is C17H22N6. The maximum atomic E-state index is 4.53. The van der Waals surface area contributed by atoms with Crippen LogP contribution in [0.4, 0.5) is 5.82 Å². The first-order valence-electron chi connectivity index (χ1n) is 7.80. The third-order valence-corrected chi connectivity index (χ3v) is 3.69. The van der Waals surface area contributed by atoms with E-state index >= 15 is 0 Å². The van der Waals surface area contributed by atoms with Crippen LogP contribution in [0.25, 0.3) is 5.65 Å². The molecule has 0 aliphatic carbocycles. The number of hydrogen-bond acceptors (Lipinski definition) is 5. The normalized spacial score (nSPS) is 12.7. The Morgan fingerprint density at radius 3 is 2.70 bits per heavy atom. The summed E-state index contributed by atoms with van der Waals surface area (Å²) in [7, 11) is 2.13. The van der Waals surface area contributed by atoms with Gasteiger partial charge < -0.3 is 10.2 Å². The third kappa shape index (κ3) is 3.84. The van der Waals surface area contributed by atoms with Crippen LogP contribution in [0, 0.1) is 6.92 Å². The van der Waals surface area contributed by atoms with Crippen molar-refractivity contribution in [1.82, 2.24) is 24.7 Å². The summed E-state index contributed by atoms with van der Waals surface area (Å²) in [6, 6.07) is 14.6. The van der Waals surface area contributed by atoms with Crippen molar-refractivity contribution in [2.24, 2.45) is 0 Å². The van der Waals surface area contributed by atoms with E-state index in [2.05, 4.69) is 63.7 Å². The Bertz CT molecular complexity index is 767. The zero-order valence-corrected chi connectivity index (χ0v) is 13.8. The molecule has 2 heterocycles. The first kappa shape index (κ1) is 15.4. The summed E-state index contributed by atoms with van der Waals surface area (Å²) in [4.78, 5) is 2.30. The Hall–Kier alpha value is -2.47. The summed E-state index contributed by atoms with van der Waals surface area (Å²) < 4.78 is 1.75. The standard InChI is InChI=1S/C17H22N6/c1-13(11-22(3)12-15-7-5-4-6-8-15)18-16-9-10-17-20-19-14(2)23(17)21-16/h4-10,13H,11-12H2,1-3H3,(H,18,21). The monoisotopic (exact) mass is 310 g/mol. The molecule has 23 heavy (non-hydrogen) atoms. The van der Waals surface area contributed by atoms with Crippen molar-refractivity contribution >= 4 is 11.5 Å². The Morgan fingerprint density at radius 2 is 1.91 bits per heavy atom. The van der Waals surface area contributed by atoms with Crippen molar-refractivity contribution in [1.29, 1.82) is 0 Å². The summed E-state index contributed by atoms with van der Waals surface area (Å²) in [5.41, 5.74) is 2.09. The van der Waals surface area contributed by atoms with Gasteiger partial charge in [-0.05, 0) is 38.6 Å². The summed E-state index contributed by atoms with van der Waals surface area (Å²) in [5.74, 6) is 1.62. The highest BCUT2D eigenvalue weighted by Crippen LogP contribution is 2.09. The lowest BCUT2D eigenvalue weighted by atomic mass is 10.2. The molecule has 1 unspecified atom stereocenters. The number of anilines is 1. The molecule has 0 radical (unpaired) electrons. The van der Waals surface area contributed by atoms with Crippen LogP contribution in [-0.4, -0.2) is 44.3 Å². The van der Waals surface area contributed by atoms with Gasteiger partial charge in [0.05, 0.1) is 0 Å². The van der Waals surface area contributed by atoms with Crippen LogP contribution in [0.3, 0.4) is 0 Å². The van der Waals surface area contributed by atoms with E-state index in [9.17, 15) is 0 Å². The number of rotatable bonds is 6. The van der Waals surface area contributed by atoms with Crippen LogP contribution in [0.1, 0.15) is 18.3 Å². The molecule has 1 aromatic carbocycles. The fraction of sp³-hybridized carbons (Fsp3) is 0.353. The van der Waals surface area contributed by atoms with Crippen LogP contribution in [0.5, 0.6) is 0 Å². The van der Waals surface area contributed by atoms with Crippen molar-refractivity contribution in [3.8, 4) is 0 Å². The number of nitrogens with zero attached hydrogens (tertiary/aromatic N) is 5. The lowest BCUT2D eigenvalue weighted by Gasteiger charge is -2.22. The Morgan fingerprint density at radius 1 is 1.13 bits per heavy atom. The molecule has 6 nitrogen and oxygen atoms in total. The molecule has 0 bridgehead atoms. The Balaban J connectivity index is 1.59. The lowest BCUT2D eigenvalue weighted by Crippen LogP contribution is -2.32. The van der Waals surface area contributed by atoms with E-state index in [0.29, 0.717) is 0 Å². The van der Waals surface area contributed by atoms with E-state index in [1.165, 1.54) is 5.56 Å². The van der Waals surface area contributed by atoms with Crippen LogP contribution in [-0.2, 0) is 6.54 Å². The molecule has 3 aromatic rings. The number of aromatic nitrogens is 4. The molecule has 0 aliphatic rings. The fourth-order valence-electron chi connectivity index (χ4n) is 2.70. The average molecular weight is 310 g/mol. The van der Waals surface area contributed by atoms with Gasteiger partial charge >= 0.3 is 0 Å². The largest absolute Gasteiger partial charge is 0.365 e. The van der Waals surface area contributed by atoms with Gasteiger partial charge in [0, 0.05) is 19.1 Å². The topological polar surface area (TPSA) is 58.4 Å². The van der Waals surface area contributed by atoms with Crippen molar-refractivity contribution < 1.29 is 0 Å². The van der Waals surface area contributed by atoms with E-state index in [-0.39, 0.29) is 6.04 Å². The van der Waals surface area contributed by atoms with Gasteiger partial charge in [-0.25, -0.2) is 0 Å². The minimum absolute atomic E-state index is 0.283. The van der Waals surface area contributed by atoms with Gasteiger partial charge in [0.1, 0.15) is 5.82 Å². The predicted molar refractivity (Wildman–Crippen MR) is 91.4 cm³/mol. The predicted octanol–water partition coefficient (Wildman–Crippen LogP) is 2.37. The number of likely N-dealkylation sites (N-methyl/N-ethyl adjacent to an activating group) is 1. The molecule has 0 amide bonds. The molecule has 6 heteroatoms. The highest BCUT2D eigenvalue weighted by atomic mass is 15.4. The van der Waals surface area contributed by atoms with Gasteiger partial charge in [0.2, 0.25) is 0 Å². The number of nitrogens with one attached hydrogen (secondary N) is 1. The van der Waals surface area contributed by atoms with Crippen molar-refractivity contribution in [2.75, 3.05) is 18.9 Å². The van der Waals surface area contributed by atoms with Crippen molar-refractivity contribution in [3.63, 3.8) is 0 Å². The zero-order chi connectivity index (χ0) is 16.2. The molecule has 0 spiro atoms. The van der Waals surface area contributed by atoms with E-state index in [0.717, 1.165) is 30.4 Å². The lowest BCUT2D eigenvalue weighted by molar-refractivity contribution is 0.316. The highest BCUT2D eigenvalue weighted by Gasteiger charge is 2.09. The smallest absolute Gasteiger partial charge is 0.178 e. The minimum atomic E-state index is 0.283. The third-order valence-electron chi connectivity index (χ3n) is 3.69. The molecule has 0 fully saturated rings. The van der Waals surface area contributed by atoms with Gasteiger partial charge in [-0.2, -0.15) is 4.52 Å². The molecular weight excluding hydrogens is 288 g/mol. The maximum absolute atomic E-state index is 4.53. The number of fused-ring (bicyclic) bond motifs is 1. The Kier molecular flexibility index (Phi) is 4.52. The van der Waals surface area contributed by atoms with Gasteiger partial charge in [-0.15, -0.1) is 15.3 Å². The summed E-state index contributed by atoms with van der Waals surface area (Å²) in [6.45, 7) is 5.92. The summed E-state index contributed by atoms with van der Waals surface area (Å²) in [6.07, 6.45) is 0. The zero-order valence-electron chi connectivity index (χ0n) is 13.8. The van der Waals surface area contributed by atoms with Gasteiger partial charge in [0.25, 0.3) is 0 Å². The highest BCUT2D eigenvalue weighted by molar-refractivity contribution is 5.44. The van der Waals surface area contributed by atoms with Crippen molar-refractivity contribution in [2.45, 2.75) is 26.4 Å². The molecule has 3 rings (SSSR count). The molecule has 120 valence electrons. The summed E-state index contributed by atoms with van der Waals surface area (Å²) >= 11 is 0. The molecule has 1 atom stereocenters. The van der Waals surface area contributed by atoms with E-state index < -0.39 is 0 Å². The second-order valence-corrected chi connectivity index (χ2v) is 5.96. The molecule has 0 saturated carbocycles. The SMILES string of the molecule is Cc1nnc2ccc(NC(C)CN(C)Cc3ccccc3)nn12. The van der Waals surface area contributed by atoms with Crippen molar-refractivity contribution in [3.05, 3.63) is 53.9 Å². The van der Waals surface area contributed by atoms with Crippen LogP contribution in [0.2, 0.25) is 0 Å². The molecule has 1 N–H and O–H groups in total. The van der Waals surface area contributed by atoms with Gasteiger partial charge in [0.15, 0.2) is 11.5 Å². The average Bonchev–Trinajstić information content (AvgIpc) is 2.89. The maximum Gasteiger partial charge on any atom is 0.178 e. The van der Waals surface area contributed by atoms with Crippen LogP contribution >= 0.6 is 0 Å². The first-order chi connectivity index (χ1) is 11.1. The number of aryl methyl sites for hydroxylation is 1. The van der Waals surface area contributed by atoms with Crippen LogP contribution < -0.4 is 5.32 Å².